The molecule has 0 aromatic heterocycles. The molecule has 2 fully saturated rings. The zero-order valence-electron chi connectivity index (χ0n) is 21.7. The van der Waals surface area contributed by atoms with Crippen LogP contribution in [0.15, 0.2) is 59.2 Å². The zero-order valence-corrected chi connectivity index (χ0v) is 21.7. The molecule has 0 radical (unpaired) electrons. The molecule has 7 nitrogen and oxygen atoms in total. The number of benzene rings is 1. The SMILES string of the molecule is CCOC1=CC(F)(CN2CC3(CC(C4CCC(C(=O)O)CC4)=NO3)C2)C=C(OCC)C1c1ccccc1. The molecule has 0 unspecified atom stereocenters. The maximum absolute atomic E-state index is 16.4. The van der Waals surface area contributed by atoms with Gasteiger partial charge in [-0.05, 0) is 57.2 Å². The van der Waals surface area contributed by atoms with Crippen LogP contribution in [0.2, 0.25) is 0 Å². The van der Waals surface area contributed by atoms with Crippen LogP contribution in [-0.2, 0) is 19.1 Å². The van der Waals surface area contributed by atoms with Gasteiger partial charge in [0.2, 0.25) is 0 Å². The molecule has 1 aromatic carbocycles. The molecule has 5 rings (SSSR count). The van der Waals surface area contributed by atoms with Gasteiger partial charge in [0.25, 0.3) is 0 Å². The fraction of sp³-hybridized carbons (Fsp3) is 0.586. The number of aliphatic carboxylic acids is 1. The van der Waals surface area contributed by atoms with E-state index in [0.29, 0.717) is 50.7 Å². The van der Waals surface area contributed by atoms with Gasteiger partial charge in [0.15, 0.2) is 11.3 Å². The highest BCUT2D eigenvalue weighted by Gasteiger charge is 2.53. The third-order valence-electron chi connectivity index (χ3n) is 7.99. The quantitative estimate of drug-likeness (QED) is 0.499. The van der Waals surface area contributed by atoms with E-state index in [4.69, 9.17) is 14.3 Å². The zero-order chi connectivity index (χ0) is 26.0. The first-order chi connectivity index (χ1) is 17.8. The minimum Gasteiger partial charge on any atom is -0.497 e. The number of carbonyl (C=O) groups is 1. The molecule has 1 saturated heterocycles. The molecule has 37 heavy (non-hydrogen) atoms. The lowest BCUT2D eigenvalue weighted by Gasteiger charge is -2.47. The fourth-order valence-corrected chi connectivity index (χ4v) is 6.31. The van der Waals surface area contributed by atoms with Gasteiger partial charge in [0.05, 0.1) is 30.8 Å². The second-order valence-corrected chi connectivity index (χ2v) is 10.8. The van der Waals surface area contributed by atoms with Crippen molar-refractivity contribution in [3.63, 3.8) is 0 Å². The smallest absolute Gasteiger partial charge is 0.306 e. The van der Waals surface area contributed by atoms with Crippen LogP contribution in [0.1, 0.15) is 57.4 Å². The Hall–Kier alpha value is -2.87. The lowest BCUT2D eigenvalue weighted by atomic mass is 9.76. The number of likely N-dealkylation sites (tertiary alicyclic amines) is 1. The van der Waals surface area contributed by atoms with E-state index in [0.717, 1.165) is 30.5 Å². The minimum atomic E-state index is -1.72. The van der Waals surface area contributed by atoms with E-state index < -0.39 is 17.2 Å². The largest absolute Gasteiger partial charge is 0.497 e. The maximum atomic E-state index is 16.4. The highest BCUT2D eigenvalue weighted by molar-refractivity contribution is 5.89. The van der Waals surface area contributed by atoms with Gasteiger partial charge < -0.3 is 19.4 Å². The van der Waals surface area contributed by atoms with Gasteiger partial charge in [0, 0.05) is 32.0 Å². The van der Waals surface area contributed by atoms with Crippen molar-refractivity contribution in [3.8, 4) is 0 Å². The normalized spacial score (nSPS) is 31.0. The number of hydrogen-bond acceptors (Lipinski definition) is 6. The van der Waals surface area contributed by atoms with Gasteiger partial charge in [0.1, 0.15) is 11.5 Å². The van der Waals surface area contributed by atoms with Gasteiger partial charge in [-0.3, -0.25) is 9.69 Å². The average molecular weight is 513 g/mol. The van der Waals surface area contributed by atoms with Crippen molar-refractivity contribution in [2.24, 2.45) is 17.0 Å². The molecule has 1 saturated carbocycles. The predicted octanol–water partition coefficient (Wildman–Crippen LogP) is 5.05. The number of alkyl halides is 1. The highest BCUT2D eigenvalue weighted by atomic mass is 19.1. The van der Waals surface area contributed by atoms with Gasteiger partial charge in [-0.15, -0.1) is 0 Å². The monoisotopic (exact) mass is 512 g/mol. The molecule has 1 spiro atoms. The van der Waals surface area contributed by atoms with E-state index in [9.17, 15) is 9.90 Å². The van der Waals surface area contributed by atoms with Crippen LogP contribution < -0.4 is 0 Å². The van der Waals surface area contributed by atoms with Crippen LogP contribution in [0.5, 0.6) is 0 Å². The Morgan fingerprint density at radius 2 is 1.70 bits per heavy atom. The van der Waals surface area contributed by atoms with E-state index in [1.807, 2.05) is 44.2 Å². The lowest BCUT2D eigenvalue weighted by molar-refractivity contribution is -0.142. The first-order valence-corrected chi connectivity index (χ1v) is 13.5. The predicted molar refractivity (Wildman–Crippen MR) is 138 cm³/mol. The number of halogens is 1. The van der Waals surface area contributed by atoms with Crippen molar-refractivity contribution in [3.05, 3.63) is 59.6 Å². The molecule has 2 heterocycles. The van der Waals surface area contributed by atoms with Crippen LogP contribution in [0.3, 0.4) is 0 Å². The van der Waals surface area contributed by atoms with Crippen LogP contribution in [0.4, 0.5) is 4.39 Å². The number of oxime groups is 1. The summed E-state index contributed by atoms with van der Waals surface area (Å²) in [5.41, 5.74) is -0.0679. The van der Waals surface area contributed by atoms with E-state index in [1.165, 1.54) is 0 Å². The Labute approximate surface area is 217 Å². The van der Waals surface area contributed by atoms with Crippen molar-refractivity contribution in [2.45, 2.75) is 63.1 Å². The fourth-order valence-electron chi connectivity index (χ4n) is 6.31. The Bertz CT molecular complexity index is 1050. The lowest BCUT2D eigenvalue weighted by Crippen LogP contribution is -2.64. The van der Waals surface area contributed by atoms with E-state index in [2.05, 4.69) is 10.1 Å². The van der Waals surface area contributed by atoms with Crippen molar-refractivity contribution >= 4 is 11.7 Å². The minimum absolute atomic E-state index is 0.186. The van der Waals surface area contributed by atoms with Crippen molar-refractivity contribution in [2.75, 3.05) is 32.8 Å². The molecule has 0 bridgehead atoms. The summed E-state index contributed by atoms with van der Waals surface area (Å²) < 4.78 is 28.3. The molecule has 1 N–H and O–H groups in total. The Balaban J connectivity index is 1.23. The molecule has 2 aliphatic carbocycles. The first-order valence-electron chi connectivity index (χ1n) is 13.5. The third kappa shape index (κ3) is 5.40. The number of nitrogens with zero attached hydrogens (tertiary/aromatic N) is 2. The first kappa shape index (κ1) is 25.8. The number of carboxylic acids is 1. The second kappa shape index (κ2) is 10.5. The number of hydrogen-bond donors (Lipinski definition) is 1. The summed E-state index contributed by atoms with van der Waals surface area (Å²) in [5, 5.41) is 13.7. The molecule has 200 valence electrons. The molecular weight excluding hydrogens is 475 g/mol. The maximum Gasteiger partial charge on any atom is 0.306 e. The van der Waals surface area contributed by atoms with Crippen LogP contribution in [0.25, 0.3) is 0 Å². The molecule has 8 heteroatoms. The second-order valence-electron chi connectivity index (χ2n) is 10.8. The van der Waals surface area contributed by atoms with E-state index in [-0.39, 0.29) is 24.3 Å². The summed E-state index contributed by atoms with van der Waals surface area (Å²) in [7, 11) is 0. The molecule has 2 aliphatic heterocycles. The highest BCUT2D eigenvalue weighted by Crippen LogP contribution is 2.44. The van der Waals surface area contributed by atoms with Gasteiger partial charge in [-0.25, -0.2) is 4.39 Å². The summed E-state index contributed by atoms with van der Waals surface area (Å²) >= 11 is 0. The summed E-state index contributed by atoms with van der Waals surface area (Å²) in [5.74, 6) is 0.245. The molecule has 0 atom stereocenters. The van der Waals surface area contributed by atoms with Gasteiger partial charge in [-0.1, -0.05) is 35.5 Å². The molecule has 4 aliphatic rings. The van der Waals surface area contributed by atoms with Crippen LogP contribution >= 0.6 is 0 Å². The van der Waals surface area contributed by atoms with E-state index >= 15 is 4.39 Å². The number of carboxylic acid groups (broad SMARTS) is 1. The topological polar surface area (TPSA) is 80.6 Å². The summed E-state index contributed by atoms with van der Waals surface area (Å²) in [6, 6.07) is 9.92. The third-order valence-corrected chi connectivity index (χ3v) is 7.99. The molecule has 1 aromatic rings. The van der Waals surface area contributed by atoms with Crippen LogP contribution in [0, 0.1) is 11.8 Å². The van der Waals surface area contributed by atoms with E-state index in [1.54, 1.807) is 12.2 Å². The Morgan fingerprint density at radius 3 is 2.27 bits per heavy atom. The molecular formula is C29H37FN2O5. The van der Waals surface area contributed by atoms with Gasteiger partial charge >= 0.3 is 5.97 Å². The molecule has 0 amide bonds. The van der Waals surface area contributed by atoms with Crippen molar-refractivity contribution in [1.29, 1.82) is 0 Å². The summed E-state index contributed by atoms with van der Waals surface area (Å²) in [6.07, 6.45) is 7.02. The average Bonchev–Trinajstić information content (AvgIpc) is 3.30. The van der Waals surface area contributed by atoms with Crippen molar-refractivity contribution < 1.29 is 28.6 Å². The number of ether oxygens (including phenoxy) is 2. The number of rotatable bonds is 9. The summed E-state index contributed by atoms with van der Waals surface area (Å²) in [6.45, 7) is 6.10. The standard InChI is InChI=1S/C29H37FN2O5/c1-3-35-24-15-28(30,16-25(36-4-2)26(24)21-8-6-5-7-9-21)17-32-18-29(19-32)14-23(31-37-29)20-10-12-22(13-11-20)27(33)34/h5-9,15-16,20,22,26H,3-4,10-14,17-19H2,1-2H3,(H,33,34). The van der Waals surface area contributed by atoms with Crippen LogP contribution in [-0.4, -0.2) is 65.8 Å². The summed E-state index contributed by atoms with van der Waals surface area (Å²) in [4.78, 5) is 19.2. The Morgan fingerprint density at radius 1 is 1.08 bits per heavy atom. The van der Waals surface area contributed by atoms with Crippen molar-refractivity contribution in [1.82, 2.24) is 4.90 Å². The Kier molecular flexibility index (Phi) is 7.30. The van der Waals surface area contributed by atoms with Gasteiger partial charge in [-0.2, -0.15) is 0 Å².